The number of hydrogen-bond acceptors (Lipinski definition) is 3. The van der Waals surface area contributed by atoms with Crippen LogP contribution in [-0.4, -0.2) is 18.5 Å². The van der Waals surface area contributed by atoms with E-state index in [-0.39, 0.29) is 11.9 Å². The van der Waals surface area contributed by atoms with Crippen molar-refractivity contribution in [2.24, 2.45) is 5.73 Å². The second-order valence-corrected chi connectivity index (χ2v) is 3.54. The lowest BCUT2D eigenvalue weighted by Gasteiger charge is -2.13. The molecule has 1 aromatic rings. The van der Waals surface area contributed by atoms with Crippen molar-refractivity contribution in [2.45, 2.75) is 19.9 Å². The van der Waals surface area contributed by atoms with E-state index in [1.807, 2.05) is 31.2 Å². The minimum absolute atomic E-state index is 0.0703. The fourth-order valence-electron chi connectivity index (χ4n) is 1.23. The number of hydrogen-bond donors (Lipinski definition) is 3. The largest absolute Gasteiger partial charge is 0.381 e. The predicted octanol–water partition coefficient (Wildman–Crippen LogP) is 1.40. The third-order valence-corrected chi connectivity index (χ3v) is 1.95. The summed E-state index contributed by atoms with van der Waals surface area (Å²) in [6.45, 7) is 4.07. The normalized spacial score (nSPS) is 11.9. The van der Waals surface area contributed by atoms with Crippen LogP contribution in [0.4, 0.5) is 11.4 Å². The minimum atomic E-state index is -0.0703. The quantitative estimate of drug-likeness (QED) is 0.699. The summed E-state index contributed by atoms with van der Waals surface area (Å²) in [6.07, 6.45) is 0. The summed E-state index contributed by atoms with van der Waals surface area (Å²) in [5.41, 5.74) is 7.25. The van der Waals surface area contributed by atoms with Crippen LogP contribution in [-0.2, 0) is 4.79 Å². The highest BCUT2D eigenvalue weighted by Crippen LogP contribution is 2.15. The smallest absolute Gasteiger partial charge is 0.221 e. The Bertz CT molecular complexity index is 338. The van der Waals surface area contributed by atoms with Gasteiger partial charge in [-0.2, -0.15) is 0 Å². The van der Waals surface area contributed by atoms with Gasteiger partial charge in [0.1, 0.15) is 0 Å². The second-order valence-electron chi connectivity index (χ2n) is 3.54. The van der Waals surface area contributed by atoms with E-state index < -0.39 is 0 Å². The van der Waals surface area contributed by atoms with Gasteiger partial charge < -0.3 is 16.4 Å². The molecule has 0 radical (unpaired) electrons. The van der Waals surface area contributed by atoms with E-state index >= 15 is 0 Å². The van der Waals surface area contributed by atoms with Gasteiger partial charge in [0.15, 0.2) is 0 Å². The van der Waals surface area contributed by atoms with Crippen LogP contribution in [0.25, 0.3) is 0 Å². The summed E-state index contributed by atoms with van der Waals surface area (Å²) in [5.74, 6) is -0.0703. The molecule has 0 spiro atoms. The molecule has 0 aliphatic heterocycles. The molecule has 1 unspecified atom stereocenters. The van der Waals surface area contributed by atoms with Gasteiger partial charge in [-0.3, -0.25) is 4.79 Å². The van der Waals surface area contributed by atoms with Crippen molar-refractivity contribution < 1.29 is 4.79 Å². The predicted molar refractivity (Wildman–Crippen MR) is 62.9 cm³/mol. The minimum Gasteiger partial charge on any atom is -0.381 e. The van der Waals surface area contributed by atoms with Crippen molar-refractivity contribution in [1.29, 1.82) is 0 Å². The Morgan fingerprint density at radius 2 is 2.13 bits per heavy atom. The van der Waals surface area contributed by atoms with Crippen LogP contribution < -0.4 is 16.4 Å². The Balaban J connectivity index is 2.69. The topological polar surface area (TPSA) is 67.2 Å². The molecule has 4 N–H and O–H groups in total. The lowest BCUT2D eigenvalue weighted by atomic mass is 10.2. The van der Waals surface area contributed by atoms with Crippen LogP contribution in [0.3, 0.4) is 0 Å². The van der Waals surface area contributed by atoms with Gasteiger partial charge in [0.05, 0.1) is 0 Å². The average Bonchev–Trinajstić information content (AvgIpc) is 2.17. The summed E-state index contributed by atoms with van der Waals surface area (Å²) in [5, 5.41) is 5.96. The van der Waals surface area contributed by atoms with Crippen LogP contribution in [0.5, 0.6) is 0 Å². The first-order valence-corrected chi connectivity index (χ1v) is 4.96. The van der Waals surface area contributed by atoms with Crippen molar-refractivity contribution in [2.75, 3.05) is 17.2 Å². The first-order valence-electron chi connectivity index (χ1n) is 4.96. The third kappa shape index (κ3) is 3.99. The third-order valence-electron chi connectivity index (χ3n) is 1.95. The van der Waals surface area contributed by atoms with Crippen molar-refractivity contribution >= 4 is 17.3 Å². The van der Waals surface area contributed by atoms with Gasteiger partial charge in [-0.1, -0.05) is 6.07 Å². The molecule has 4 nitrogen and oxygen atoms in total. The summed E-state index contributed by atoms with van der Waals surface area (Å²) < 4.78 is 0. The maximum Gasteiger partial charge on any atom is 0.221 e. The van der Waals surface area contributed by atoms with E-state index in [0.29, 0.717) is 6.54 Å². The van der Waals surface area contributed by atoms with E-state index in [1.165, 1.54) is 6.92 Å². The zero-order chi connectivity index (χ0) is 11.3. The maximum atomic E-state index is 10.9. The van der Waals surface area contributed by atoms with Gasteiger partial charge in [0.25, 0.3) is 0 Å². The van der Waals surface area contributed by atoms with Crippen molar-refractivity contribution in [1.82, 2.24) is 0 Å². The van der Waals surface area contributed by atoms with Gasteiger partial charge in [-0.25, -0.2) is 0 Å². The molecule has 0 heterocycles. The molecule has 0 aromatic heterocycles. The molecule has 0 saturated carbocycles. The van der Waals surface area contributed by atoms with Crippen molar-refractivity contribution in [3.63, 3.8) is 0 Å². The van der Waals surface area contributed by atoms with Crippen molar-refractivity contribution in [3.8, 4) is 0 Å². The highest BCUT2D eigenvalue weighted by molar-refractivity contribution is 5.89. The molecular formula is C11H17N3O. The molecule has 1 rings (SSSR count). The molecular weight excluding hydrogens is 190 g/mol. The first kappa shape index (κ1) is 11.5. The first-order chi connectivity index (χ1) is 7.11. The summed E-state index contributed by atoms with van der Waals surface area (Å²) >= 11 is 0. The molecule has 1 amide bonds. The number of anilines is 2. The van der Waals surface area contributed by atoms with Gasteiger partial charge in [0.2, 0.25) is 5.91 Å². The molecule has 0 bridgehead atoms. The zero-order valence-electron chi connectivity index (χ0n) is 9.08. The number of nitrogens with one attached hydrogen (secondary N) is 2. The number of carbonyl (C=O) groups is 1. The molecule has 0 fully saturated rings. The van der Waals surface area contributed by atoms with Crippen LogP contribution >= 0.6 is 0 Å². The average molecular weight is 207 g/mol. The highest BCUT2D eigenvalue weighted by atomic mass is 16.1. The SMILES string of the molecule is CC(=O)Nc1cccc(NC(C)CN)c1. The van der Waals surface area contributed by atoms with Crippen LogP contribution in [0, 0.1) is 0 Å². The maximum absolute atomic E-state index is 10.9. The Hall–Kier alpha value is -1.55. The summed E-state index contributed by atoms with van der Waals surface area (Å²) in [6, 6.07) is 7.78. The Labute approximate surface area is 89.9 Å². The van der Waals surface area contributed by atoms with E-state index in [1.54, 1.807) is 0 Å². The van der Waals surface area contributed by atoms with E-state index in [9.17, 15) is 4.79 Å². The Morgan fingerprint density at radius 3 is 2.73 bits per heavy atom. The van der Waals surface area contributed by atoms with Gasteiger partial charge in [-0.05, 0) is 25.1 Å². The number of rotatable bonds is 4. The lowest BCUT2D eigenvalue weighted by Crippen LogP contribution is -2.25. The van der Waals surface area contributed by atoms with Crippen LogP contribution in [0.1, 0.15) is 13.8 Å². The number of amides is 1. The van der Waals surface area contributed by atoms with E-state index in [0.717, 1.165) is 11.4 Å². The lowest BCUT2D eigenvalue weighted by molar-refractivity contribution is -0.114. The number of nitrogens with two attached hydrogens (primary N) is 1. The molecule has 0 aliphatic carbocycles. The molecule has 82 valence electrons. The summed E-state index contributed by atoms with van der Waals surface area (Å²) in [4.78, 5) is 10.9. The Morgan fingerprint density at radius 1 is 1.47 bits per heavy atom. The van der Waals surface area contributed by atoms with Gasteiger partial charge in [-0.15, -0.1) is 0 Å². The van der Waals surface area contributed by atoms with Crippen molar-refractivity contribution in [3.05, 3.63) is 24.3 Å². The number of carbonyl (C=O) groups excluding carboxylic acids is 1. The van der Waals surface area contributed by atoms with E-state index in [2.05, 4.69) is 10.6 Å². The van der Waals surface area contributed by atoms with E-state index in [4.69, 9.17) is 5.73 Å². The summed E-state index contributed by atoms with van der Waals surface area (Å²) in [7, 11) is 0. The molecule has 1 aromatic carbocycles. The molecule has 15 heavy (non-hydrogen) atoms. The van der Waals surface area contributed by atoms with Crippen LogP contribution in [0.15, 0.2) is 24.3 Å². The second kappa shape index (κ2) is 5.36. The van der Waals surface area contributed by atoms with Crippen LogP contribution in [0.2, 0.25) is 0 Å². The zero-order valence-corrected chi connectivity index (χ0v) is 9.08. The molecule has 0 saturated heterocycles. The standard InChI is InChI=1S/C11H17N3O/c1-8(7-12)13-10-4-3-5-11(6-10)14-9(2)15/h3-6,8,13H,7,12H2,1-2H3,(H,14,15). The number of benzene rings is 1. The monoisotopic (exact) mass is 207 g/mol. The Kier molecular flexibility index (Phi) is 4.12. The molecule has 4 heteroatoms. The molecule has 1 atom stereocenters. The van der Waals surface area contributed by atoms with Gasteiger partial charge in [0, 0.05) is 30.9 Å². The fourth-order valence-corrected chi connectivity index (χ4v) is 1.23. The highest BCUT2D eigenvalue weighted by Gasteiger charge is 2.00. The fraction of sp³-hybridized carbons (Fsp3) is 0.364. The van der Waals surface area contributed by atoms with Gasteiger partial charge >= 0.3 is 0 Å². The molecule has 0 aliphatic rings.